The van der Waals surface area contributed by atoms with E-state index in [1.807, 2.05) is 37.3 Å². The lowest BCUT2D eigenvalue weighted by molar-refractivity contribution is -0.143. The Labute approximate surface area is 266 Å². The number of thiophene rings is 1. The molecule has 0 bridgehead atoms. The molecule has 1 N–H and O–H groups in total. The van der Waals surface area contributed by atoms with E-state index in [0.29, 0.717) is 28.1 Å². The maximum atomic E-state index is 13.2. The van der Waals surface area contributed by atoms with Crippen LogP contribution in [0.15, 0.2) is 97.1 Å². The maximum absolute atomic E-state index is 13.2. The van der Waals surface area contributed by atoms with Gasteiger partial charge in [0.1, 0.15) is 17.2 Å². The number of halogens is 1. The van der Waals surface area contributed by atoms with Crippen molar-refractivity contribution in [2.75, 3.05) is 7.11 Å². The van der Waals surface area contributed by atoms with Gasteiger partial charge in [-0.2, -0.15) is 0 Å². The SMILES string of the molecule is COC(=O)C(NC(=O)c1ccc(C#Cc2cccc(F)c2)nc1C)c1ccccc1.Cc1cccc(C#Cc2ccc(C)s2)n1. The predicted octanol–water partition coefficient (Wildman–Crippen LogP) is 6.73. The summed E-state index contributed by atoms with van der Waals surface area (Å²) in [4.78, 5) is 36.0. The Morgan fingerprint density at radius 3 is 2.20 bits per heavy atom. The van der Waals surface area contributed by atoms with Crippen LogP contribution in [0.3, 0.4) is 0 Å². The first-order chi connectivity index (χ1) is 21.7. The van der Waals surface area contributed by atoms with E-state index < -0.39 is 17.9 Å². The summed E-state index contributed by atoms with van der Waals surface area (Å²) < 4.78 is 18.1. The van der Waals surface area contributed by atoms with E-state index in [4.69, 9.17) is 4.74 Å². The number of hydrogen-bond acceptors (Lipinski definition) is 6. The highest BCUT2D eigenvalue weighted by atomic mass is 32.1. The van der Waals surface area contributed by atoms with E-state index in [-0.39, 0.29) is 5.82 Å². The van der Waals surface area contributed by atoms with E-state index in [0.717, 1.165) is 16.3 Å². The first kappa shape index (κ1) is 32.3. The predicted molar refractivity (Wildman–Crippen MR) is 174 cm³/mol. The highest BCUT2D eigenvalue weighted by Gasteiger charge is 2.24. The van der Waals surface area contributed by atoms with Gasteiger partial charge in [0.05, 0.1) is 23.2 Å². The monoisotopic (exact) mass is 615 g/mol. The van der Waals surface area contributed by atoms with Crippen LogP contribution in [-0.4, -0.2) is 29.0 Å². The van der Waals surface area contributed by atoms with E-state index in [1.54, 1.807) is 66.8 Å². The number of hydrogen-bond donors (Lipinski definition) is 1. The summed E-state index contributed by atoms with van der Waals surface area (Å²) in [5.74, 6) is 10.5. The van der Waals surface area contributed by atoms with Crippen LogP contribution in [-0.2, 0) is 9.53 Å². The summed E-state index contributed by atoms with van der Waals surface area (Å²) in [6, 6.07) is 27.0. The van der Waals surface area contributed by atoms with Crippen molar-refractivity contribution in [1.29, 1.82) is 0 Å². The number of esters is 1. The van der Waals surface area contributed by atoms with Crippen molar-refractivity contribution in [1.82, 2.24) is 15.3 Å². The van der Waals surface area contributed by atoms with Crippen LogP contribution in [0.2, 0.25) is 0 Å². The number of pyridine rings is 2. The Kier molecular flexibility index (Phi) is 11.3. The fraction of sp³-hybridized carbons (Fsp3) is 0.135. The Hall–Kier alpha value is -5.57. The number of ether oxygens (including phenoxy) is 1. The van der Waals surface area contributed by atoms with Gasteiger partial charge in [0.25, 0.3) is 5.91 Å². The van der Waals surface area contributed by atoms with E-state index in [1.165, 1.54) is 24.1 Å². The zero-order chi connectivity index (χ0) is 32.2. The molecule has 224 valence electrons. The zero-order valence-electron chi connectivity index (χ0n) is 25.2. The van der Waals surface area contributed by atoms with Gasteiger partial charge < -0.3 is 10.1 Å². The fourth-order valence-corrected chi connectivity index (χ4v) is 4.78. The maximum Gasteiger partial charge on any atom is 0.333 e. The second-order valence-corrected chi connectivity index (χ2v) is 11.0. The molecular weight excluding hydrogens is 585 g/mol. The van der Waals surface area contributed by atoms with Crippen LogP contribution >= 0.6 is 11.3 Å². The molecule has 0 fully saturated rings. The van der Waals surface area contributed by atoms with Crippen LogP contribution < -0.4 is 5.32 Å². The molecule has 6 nitrogen and oxygen atoms in total. The quantitative estimate of drug-likeness (QED) is 0.179. The molecular formula is C37H30FN3O3S. The lowest BCUT2D eigenvalue weighted by Crippen LogP contribution is -2.35. The molecule has 8 heteroatoms. The van der Waals surface area contributed by atoms with E-state index in [9.17, 15) is 14.0 Å². The molecule has 0 saturated carbocycles. The van der Waals surface area contributed by atoms with E-state index in [2.05, 4.69) is 52.0 Å². The first-order valence-corrected chi connectivity index (χ1v) is 14.7. The fourth-order valence-electron chi connectivity index (χ4n) is 4.06. The Morgan fingerprint density at radius 2 is 1.53 bits per heavy atom. The van der Waals surface area contributed by atoms with Gasteiger partial charge in [-0.25, -0.2) is 19.2 Å². The summed E-state index contributed by atoms with van der Waals surface area (Å²) in [6.45, 7) is 5.74. The van der Waals surface area contributed by atoms with Crippen LogP contribution in [0.4, 0.5) is 4.39 Å². The van der Waals surface area contributed by atoms with Crippen molar-refractivity contribution in [3.8, 4) is 23.7 Å². The van der Waals surface area contributed by atoms with Crippen molar-refractivity contribution in [3.05, 3.63) is 152 Å². The van der Waals surface area contributed by atoms with Gasteiger partial charge in [-0.05, 0) is 98.7 Å². The number of aryl methyl sites for hydroxylation is 3. The number of nitrogens with one attached hydrogen (secondary N) is 1. The van der Waals surface area contributed by atoms with Crippen LogP contribution in [0, 0.1) is 50.3 Å². The third kappa shape index (κ3) is 9.72. The molecule has 5 aromatic rings. The van der Waals surface area contributed by atoms with Gasteiger partial charge in [-0.3, -0.25) is 4.79 Å². The molecule has 2 aromatic carbocycles. The van der Waals surface area contributed by atoms with Gasteiger partial charge in [0, 0.05) is 16.1 Å². The van der Waals surface area contributed by atoms with Gasteiger partial charge >= 0.3 is 5.97 Å². The summed E-state index contributed by atoms with van der Waals surface area (Å²) in [5, 5.41) is 2.69. The lowest BCUT2D eigenvalue weighted by Gasteiger charge is -2.17. The second-order valence-electron chi connectivity index (χ2n) is 9.75. The molecule has 0 spiro atoms. The van der Waals surface area contributed by atoms with Crippen molar-refractivity contribution in [2.45, 2.75) is 26.8 Å². The van der Waals surface area contributed by atoms with Crippen molar-refractivity contribution >= 4 is 23.2 Å². The molecule has 3 heterocycles. The topological polar surface area (TPSA) is 81.2 Å². The smallest absolute Gasteiger partial charge is 0.333 e. The largest absolute Gasteiger partial charge is 0.467 e. The van der Waals surface area contributed by atoms with Gasteiger partial charge in [-0.15, -0.1) is 11.3 Å². The molecule has 5 rings (SSSR count). The van der Waals surface area contributed by atoms with Crippen LogP contribution in [0.25, 0.3) is 0 Å². The Morgan fingerprint density at radius 1 is 0.800 bits per heavy atom. The molecule has 0 aliphatic heterocycles. The lowest BCUT2D eigenvalue weighted by atomic mass is 10.1. The minimum absolute atomic E-state index is 0.316. The number of amides is 1. The van der Waals surface area contributed by atoms with Gasteiger partial charge in [0.2, 0.25) is 0 Å². The molecule has 1 atom stereocenters. The molecule has 1 unspecified atom stereocenters. The minimum Gasteiger partial charge on any atom is -0.467 e. The summed E-state index contributed by atoms with van der Waals surface area (Å²) in [5.41, 5.74) is 4.19. The summed E-state index contributed by atoms with van der Waals surface area (Å²) in [7, 11) is 1.27. The van der Waals surface area contributed by atoms with Gasteiger partial charge in [0.15, 0.2) is 6.04 Å². The average molecular weight is 616 g/mol. The molecule has 0 aliphatic rings. The summed E-state index contributed by atoms with van der Waals surface area (Å²) >= 11 is 1.71. The Bertz CT molecular complexity index is 1930. The van der Waals surface area contributed by atoms with Crippen molar-refractivity contribution in [3.63, 3.8) is 0 Å². The Balaban J connectivity index is 0.000000256. The number of aromatic nitrogens is 2. The number of carbonyl (C=O) groups is 2. The average Bonchev–Trinajstić information content (AvgIpc) is 3.47. The number of methoxy groups -OCH3 is 1. The molecule has 45 heavy (non-hydrogen) atoms. The third-order valence-corrected chi connectivity index (χ3v) is 7.19. The second kappa shape index (κ2) is 15.8. The van der Waals surface area contributed by atoms with Crippen molar-refractivity contribution in [2.24, 2.45) is 0 Å². The highest BCUT2D eigenvalue weighted by molar-refractivity contribution is 7.12. The molecule has 0 aliphatic carbocycles. The zero-order valence-corrected chi connectivity index (χ0v) is 26.0. The van der Waals surface area contributed by atoms with E-state index >= 15 is 0 Å². The molecule has 1 amide bonds. The first-order valence-electron chi connectivity index (χ1n) is 13.9. The minimum atomic E-state index is -0.935. The normalized spacial score (nSPS) is 10.5. The molecule has 0 radical (unpaired) electrons. The highest BCUT2D eigenvalue weighted by Crippen LogP contribution is 2.17. The third-order valence-electron chi connectivity index (χ3n) is 6.28. The van der Waals surface area contributed by atoms with Crippen LogP contribution in [0.1, 0.15) is 60.1 Å². The summed E-state index contributed by atoms with van der Waals surface area (Å²) in [6.07, 6.45) is 0. The standard InChI is InChI=1S/C24H19FN2O3.C13H11NS/c1-16-21(14-13-20(26-16)12-11-17-7-6-10-19(25)15-17)23(28)27-22(24(29)30-2)18-8-4-3-5-9-18;1-10-4-3-5-12(14-10)7-9-13-8-6-11(2)15-13/h3-10,13-15,22H,1-2H3,(H,27,28);3-6,8H,1-2H3. The molecule has 0 saturated heterocycles. The van der Waals surface area contributed by atoms with Crippen molar-refractivity contribution < 1.29 is 18.7 Å². The van der Waals surface area contributed by atoms with Crippen LogP contribution in [0.5, 0.6) is 0 Å². The number of rotatable bonds is 4. The molecule has 3 aromatic heterocycles. The number of benzene rings is 2. The number of carbonyl (C=O) groups excluding carboxylic acids is 2. The van der Waals surface area contributed by atoms with Gasteiger partial charge in [-0.1, -0.05) is 48.4 Å². The number of nitrogens with zero attached hydrogens (tertiary/aromatic N) is 2.